The van der Waals surface area contributed by atoms with Crippen LogP contribution in [0.3, 0.4) is 0 Å². The van der Waals surface area contributed by atoms with Crippen molar-refractivity contribution in [2.24, 2.45) is 9.98 Å². The third-order valence-electron chi connectivity index (χ3n) is 3.64. The fourth-order valence-electron chi connectivity index (χ4n) is 2.55. The second kappa shape index (κ2) is 5.03. The number of anilines is 1. The molecule has 2 aliphatic heterocycles. The van der Waals surface area contributed by atoms with Crippen LogP contribution in [0.2, 0.25) is 5.02 Å². The van der Waals surface area contributed by atoms with Crippen LogP contribution in [0.25, 0.3) is 0 Å². The zero-order chi connectivity index (χ0) is 15.1. The molecule has 0 atom stereocenters. The van der Waals surface area contributed by atoms with Crippen LogP contribution in [0.15, 0.2) is 46.4 Å². The Morgan fingerprint density at radius 3 is 3.05 bits per heavy atom. The molecule has 0 amide bonds. The van der Waals surface area contributed by atoms with Crippen LogP contribution in [0.1, 0.15) is 5.56 Å². The Labute approximate surface area is 132 Å². The van der Waals surface area contributed by atoms with E-state index in [0.29, 0.717) is 22.2 Å². The number of fused-ring (bicyclic) bond motifs is 3. The molecule has 0 saturated heterocycles. The average Bonchev–Trinajstić information content (AvgIpc) is 3.01. The molecule has 2 N–H and O–H groups in total. The van der Waals surface area contributed by atoms with Gasteiger partial charge in [-0.1, -0.05) is 17.7 Å². The lowest BCUT2D eigenvalue weighted by molar-refractivity contribution is 0.483. The quantitative estimate of drug-likeness (QED) is 0.864. The average molecular weight is 313 g/mol. The first-order chi connectivity index (χ1) is 10.7. The Hall–Kier alpha value is -2.53. The molecule has 0 spiro atoms. The first kappa shape index (κ1) is 13.2. The minimum atomic E-state index is 0.415. The number of hydrogen-bond acceptors (Lipinski definition) is 5. The second-order valence-corrected chi connectivity index (χ2v) is 5.46. The number of amidine groups is 1. The summed E-state index contributed by atoms with van der Waals surface area (Å²) < 4.78 is 5.87. The molecule has 2 heterocycles. The van der Waals surface area contributed by atoms with Gasteiger partial charge in [0.2, 0.25) is 0 Å². The number of ether oxygens (including phenoxy) is 1. The maximum atomic E-state index is 6.17. The predicted molar refractivity (Wildman–Crippen MR) is 88.6 cm³/mol. The lowest BCUT2D eigenvalue weighted by atomic mass is 10.1. The van der Waals surface area contributed by atoms with E-state index in [4.69, 9.17) is 22.1 Å². The van der Waals surface area contributed by atoms with E-state index in [1.54, 1.807) is 12.1 Å². The van der Waals surface area contributed by atoms with E-state index in [9.17, 15) is 0 Å². The molecule has 0 saturated carbocycles. The molecule has 6 heteroatoms. The van der Waals surface area contributed by atoms with Gasteiger partial charge in [0.1, 0.15) is 22.4 Å². The van der Waals surface area contributed by atoms with Gasteiger partial charge in [-0.2, -0.15) is 0 Å². The number of hydrogen-bond donors (Lipinski definition) is 1. The van der Waals surface area contributed by atoms with Gasteiger partial charge in [-0.05, 0) is 30.3 Å². The normalized spacial score (nSPS) is 15.3. The van der Waals surface area contributed by atoms with Gasteiger partial charge >= 0.3 is 0 Å². The molecule has 2 aromatic rings. The van der Waals surface area contributed by atoms with Crippen LogP contribution in [-0.2, 0) is 0 Å². The molecule has 0 aromatic heterocycles. The van der Waals surface area contributed by atoms with E-state index < -0.39 is 0 Å². The molecule has 110 valence electrons. The van der Waals surface area contributed by atoms with Crippen molar-refractivity contribution >= 4 is 35.1 Å². The summed E-state index contributed by atoms with van der Waals surface area (Å²) in [5, 5.41) is 0.415. The molecule has 0 fully saturated rings. The van der Waals surface area contributed by atoms with Crippen molar-refractivity contribution in [1.29, 1.82) is 0 Å². The van der Waals surface area contributed by atoms with Crippen molar-refractivity contribution in [3.05, 3.63) is 47.0 Å². The van der Waals surface area contributed by atoms with Crippen LogP contribution < -0.4 is 10.5 Å². The fraction of sp³-hybridized carbons (Fsp3) is 0.125. The van der Waals surface area contributed by atoms with Gasteiger partial charge in [0.15, 0.2) is 0 Å². The van der Waals surface area contributed by atoms with E-state index in [1.165, 1.54) is 0 Å². The first-order valence-electron chi connectivity index (χ1n) is 6.94. The maximum absolute atomic E-state index is 6.17. The highest BCUT2D eigenvalue weighted by Gasteiger charge is 2.23. The SMILES string of the molecule is Nc1cccc(Oc2ccc3c(c2)C2=NCCN2C=N3)c1Cl. The third-order valence-corrected chi connectivity index (χ3v) is 4.05. The van der Waals surface area contributed by atoms with Crippen molar-refractivity contribution < 1.29 is 4.74 Å². The van der Waals surface area contributed by atoms with E-state index >= 15 is 0 Å². The minimum absolute atomic E-state index is 0.415. The molecule has 0 radical (unpaired) electrons. The molecule has 2 aliphatic rings. The number of benzene rings is 2. The van der Waals surface area contributed by atoms with Crippen LogP contribution in [0.4, 0.5) is 11.4 Å². The zero-order valence-electron chi connectivity index (χ0n) is 11.7. The summed E-state index contributed by atoms with van der Waals surface area (Å²) in [4.78, 5) is 11.0. The highest BCUT2D eigenvalue weighted by Crippen LogP contribution is 2.36. The second-order valence-electron chi connectivity index (χ2n) is 5.08. The zero-order valence-corrected chi connectivity index (χ0v) is 12.4. The highest BCUT2D eigenvalue weighted by molar-refractivity contribution is 6.34. The lowest BCUT2D eigenvalue weighted by Gasteiger charge is -2.21. The molecule has 2 aromatic carbocycles. The molecule has 0 unspecified atom stereocenters. The van der Waals surface area contributed by atoms with Crippen molar-refractivity contribution in [2.75, 3.05) is 18.8 Å². The van der Waals surface area contributed by atoms with E-state index in [1.807, 2.05) is 35.5 Å². The van der Waals surface area contributed by atoms with Crippen molar-refractivity contribution in [2.45, 2.75) is 0 Å². The number of nitrogen functional groups attached to an aromatic ring is 1. The summed E-state index contributed by atoms with van der Waals surface area (Å²) in [6, 6.07) is 11.0. The van der Waals surface area contributed by atoms with E-state index in [0.717, 1.165) is 30.2 Å². The Morgan fingerprint density at radius 1 is 1.23 bits per heavy atom. The van der Waals surface area contributed by atoms with Gasteiger partial charge < -0.3 is 15.4 Å². The summed E-state index contributed by atoms with van der Waals surface area (Å²) in [5.41, 5.74) is 8.15. The molecular weight excluding hydrogens is 300 g/mol. The van der Waals surface area contributed by atoms with Crippen LogP contribution in [-0.4, -0.2) is 30.2 Å². The minimum Gasteiger partial charge on any atom is -0.456 e. The first-order valence-corrected chi connectivity index (χ1v) is 7.32. The van der Waals surface area contributed by atoms with Crippen molar-refractivity contribution in [1.82, 2.24) is 4.90 Å². The van der Waals surface area contributed by atoms with Crippen LogP contribution >= 0.6 is 11.6 Å². The van der Waals surface area contributed by atoms with E-state index in [-0.39, 0.29) is 0 Å². The Kier molecular flexibility index (Phi) is 3.01. The summed E-state index contributed by atoms with van der Waals surface area (Å²) in [5.74, 6) is 2.15. The largest absolute Gasteiger partial charge is 0.456 e. The summed E-state index contributed by atoms with van der Waals surface area (Å²) >= 11 is 6.17. The molecule has 4 rings (SSSR count). The maximum Gasteiger partial charge on any atom is 0.148 e. The number of nitrogens with zero attached hydrogens (tertiary/aromatic N) is 3. The molecule has 5 nitrogen and oxygen atoms in total. The summed E-state index contributed by atoms with van der Waals surface area (Å²) in [6.07, 6.45) is 1.82. The van der Waals surface area contributed by atoms with Crippen LogP contribution in [0.5, 0.6) is 11.5 Å². The fourth-order valence-corrected chi connectivity index (χ4v) is 2.71. The lowest BCUT2D eigenvalue weighted by Crippen LogP contribution is -2.29. The molecule has 22 heavy (non-hydrogen) atoms. The Morgan fingerprint density at radius 2 is 2.14 bits per heavy atom. The van der Waals surface area contributed by atoms with E-state index in [2.05, 4.69) is 9.98 Å². The third kappa shape index (κ3) is 2.10. The topological polar surface area (TPSA) is 63.2 Å². The highest BCUT2D eigenvalue weighted by atomic mass is 35.5. The summed E-state index contributed by atoms with van der Waals surface area (Å²) in [6.45, 7) is 1.65. The van der Waals surface area contributed by atoms with Crippen LogP contribution in [0, 0.1) is 0 Å². The number of nitrogens with two attached hydrogens (primary N) is 1. The van der Waals surface area contributed by atoms with Gasteiger partial charge in [0, 0.05) is 12.1 Å². The Bertz CT molecular complexity index is 816. The molecule has 0 aliphatic carbocycles. The summed E-state index contributed by atoms with van der Waals surface area (Å²) in [7, 11) is 0. The molecule has 0 bridgehead atoms. The van der Waals surface area contributed by atoms with Crippen molar-refractivity contribution in [3.8, 4) is 11.5 Å². The van der Waals surface area contributed by atoms with Gasteiger partial charge in [0.25, 0.3) is 0 Å². The number of rotatable bonds is 2. The Balaban J connectivity index is 1.71. The standard InChI is InChI=1S/C16H13ClN4O/c17-15-12(18)2-1-3-14(15)22-10-4-5-13-11(8-10)16-19-6-7-21(16)9-20-13/h1-5,8-9H,6-7,18H2. The van der Waals surface area contributed by atoms with Crippen molar-refractivity contribution in [3.63, 3.8) is 0 Å². The smallest absolute Gasteiger partial charge is 0.148 e. The van der Waals surface area contributed by atoms with Gasteiger partial charge in [-0.3, -0.25) is 4.99 Å². The molecular formula is C16H13ClN4O. The monoisotopic (exact) mass is 312 g/mol. The van der Waals surface area contributed by atoms with Gasteiger partial charge in [-0.15, -0.1) is 0 Å². The number of halogens is 1. The predicted octanol–water partition coefficient (Wildman–Crippen LogP) is 3.45. The number of aliphatic imine (C=N–C) groups is 2. The van der Waals surface area contributed by atoms with Gasteiger partial charge in [0.05, 0.1) is 24.3 Å². The van der Waals surface area contributed by atoms with Gasteiger partial charge in [-0.25, -0.2) is 4.99 Å².